The highest BCUT2D eigenvalue weighted by atomic mass is 35.5. The monoisotopic (exact) mass is 350 g/mol. The molecule has 0 fully saturated rings. The fourth-order valence-corrected chi connectivity index (χ4v) is 3.34. The first-order chi connectivity index (χ1) is 11.1. The Morgan fingerprint density at radius 2 is 2.17 bits per heavy atom. The van der Waals surface area contributed by atoms with E-state index >= 15 is 0 Å². The molecule has 1 aromatic carbocycles. The largest absolute Gasteiger partial charge is 0.378 e. The van der Waals surface area contributed by atoms with Crippen molar-refractivity contribution in [3.8, 4) is 0 Å². The van der Waals surface area contributed by atoms with E-state index in [-0.39, 0.29) is 11.7 Å². The summed E-state index contributed by atoms with van der Waals surface area (Å²) in [6.07, 6.45) is 1.82. The van der Waals surface area contributed by atoms with Crippen LogP contribution in [0.1, 0.15) is 40.4 Å². The van der Waals surface area contributed by atoms with Crippen molar-refractivity contribution in [2.45, 2.75) is 31.5 Å². The number of halogens is 2. The van der Waals surface area contributed by atoms with Crippen LogP contribution in [0.5, 0.6) is 0 Å². The van der Waals surface area contributed by atoms with Crippen LogP contribution in [-0.4, -0.2) is 22.1 Å². The van der Waals surface area contributed by atoms with E-state index in [2.05, 4.69) is 10.3 Å². The number of fused-ring (bicyclic) bond motifs is 1. The van der Waals surface area contributed by atoms with E-state index in [4.69, 9.17) is 23.2 Å². The van der Waals surface area contributed by atoms with Gasteiger partial charge in [0.2, 0.25) is 0 Å². The molecule has 1 aliphatic rings. The summed E-state index contributed by atoms with van der Waals surface area (Å²) in [5.41, 5.74) is 2.12. The summed E-state index contributed by atoms with van der Waals surface area (Å²) >= 11 is 12.0. The highest BCUT2D eigenvalue weighted by Crippen LogP contribution is 2.32. The second-order valence-electron chi connectivity index (χ2n) is 5.57. The van der Waals surface area contributed by atoms with Crippen molar-refractivity contribution in [2.24, 2.45) is 0 Å². The number of rotatable bonds is 4. The van der Waals surface area contributed by atoms with Crippen molar-refractivity contribution in [1.29, 1.82) is 0 Å². The summed E-state index contributed by atoms with van der Waals surface area (Å²) in [4.78, 5) is 16.1. The van der Waals surface area contributed by atoms with E-state index in [0.29, 0.717) is 35.1 Å². The van der Waals surface area contributed by atoms with Crippen LogP contribution >= 0.6 is 23.2 Å². The molecule has 120 valence electrons. The number of hydrogen-bond donors (Lipinski definition) is 2. The molecular formula is C17H16Cl2N2O2. The average molecular weight is 351 g/mol. The first kappa shape index (κ1) is 16.4. The maximum absolute atomic E-state index is 11.9. The number of carbonyl (C=O) groups excluding carboxylic acids is 1. The average Bonchev–Trinajstić information content (AvgIpc) is 2.54. The summed E-state index contributed by atoms with van der Waals surface area (Å²) < 4.78 is 0. The molecule has 0 amide bonds. The number of aromatic nitrogens is 1. The van der Waals surface area contributed by atoms with Gasteiger partial charge >= 0.3 is 0 Å². The zero-order valence-corrected chi connectivity index (χ0v) is 13.8. The van der Waals surface area contributed by atoms with Crippen LogP contribution in [0.4, 0.5) is 0 Å². The number of aliphatic hydroxyl groups is 1. The summed E-state index contributed by atoms with van der Waals surface area (Å²) in [7, 11) is 0. The Hall–Kier alpha value is -1.46. The van der Waals surface area contributed by atoms with Gasteiger partial charge in [-0.15, -0.1) is 0 Å². The number of benzene rings is 1. The number of nitrogens with zero attached hydrogens (tertiary/aromatic N) is 1. The van der Waals surface area contributed by atoms with E-state index < -0.39 is 6.23 Å². The first-order valence-electron chi connectivity index (χ1n) is 7.40. The quantitative estimate of drug-likeness (QED) is 0.827. The summed E-state index contributed by atoms with van der Waals surface area (Å²) in [6.45, 7) is 0.414. The molecule has 23 heavy (non-hydrogen) atoms. The molecule has 2 unspecified atom stereocenters. The van der Waals surface area contributed by atoms with Crippen molar-refractivity contribution in [1.82, 2.24) is 10.3 Å². The molecule has 0 aliphatic heterocycles. The van der Waals surface area contributed by atoms with Crippen LogP contribution in [0.25, 0.3) is 0 Å². The molecule has 0 radical (unpaired) electrons. The third-order valence-electron chi connectivity index (χ3n) is 4.08. The Morgan fingerprint density at radius 3 is 2.96 bits per heavy atom. The summed E-state index contributed by atoms with van der Waals surface area (Å²) in [5.74, 6) is -0.132. The number of hydrogen-bond acceptors (Lipinski definition) is 4. The van der Waals surface area contributed by atoms with Gasteiger partial charge in [0.1, 0.15) is 11.9 Å². The van der Waals surface area contributed by atoms with E-state index in [1.165, 1.54) is 0 Å². The normalized spacial score (nSPS) is 18.6. The van der Waals surface area contributed by atoms with E-state index in [0.717, 1.165) is 11.1 Å². The lowest BCUT2D eigenvalue weighted by molar-refractivity contribution is 0.0840. The molecule has 3 rings (SSSR count). The van der Waals surface area contributed by atoms with Crippen LogP contribution in [-0.2, 0) is 6.54 Å². The second-order valence-corrected chi connectivity index (χ2v) is 6.41. The van der Waals surface area contributed by atoms with Crippen LogP contribution < -0.4 is 5.32 Å². The van der Waals surface area contributed by atoms with Gasteiger partial charge in [-0.05, 0) is 35.7 Å². The Kier molecular flexibility index (Phi) is 4.97. The van der Waals surface area contributed by atoms with Crippen LogP contribution in [0, 0.1) is 0 Å². The maximum Gasteiger partial charge on any atom is 0.181 e. The Labute approximate surface area is 144 Å². The summed E-state index contributed by atoms with van der Waals surface area (Å²) in [6, 6.07) is 8.89. The molecule has 1 heterocycles. The smallest absolute Gasteiger partial charge is 0.181 e. The lowest BCUT2D eigenvalue weighted by atomic mass is 9.83. The highest BCUT2D eigenvalue weighted by molar-refractivity contribution is 6.35. The molecule has 0 spiro atoms. The topological polar surface area (TPSA) is 62.2 Å². The number of Topliss-reactive ketones (excluding diaryl/α,β-unsaturated/α-hetero) is 1. The Morgan fingerprint density at radius 1 is 1.35 bits per heavy atom. The molecule has 2 atom stereocenters. The number of pyridine rings is 1. The number of ketones is 1. The predicted octanol–water partition coefficient (Wildman–Crippen LogP) is 3.56. The van der Waals surface area contributed by atoms with Crippen molar-refractivity contribution in [2.75, 3.05) is 0 Å². The first-order valence-corrected chi connectivity index (χ1v) is 8.15. The van der Waals surface area contributed by atoms with Gasteiger partial charge in [0.15, 0.2) is 5.78 Å². The lowest BCUT2D eigenvalue weighted by Gasteiger charge is -2.28. The van der Waals surface area contributed by atoms with E-state index in [9.17, 15) is 9.90 Å². The minimum atomic E-state index is -0.780. The van der Waals surface area contributed by atoms with Gasteiger partial charge in [0, 0.05) is 35.1 Å². The molecule has 4 nitrogen and oxygen atoms in total. The minimum absolute atomic E-state index is 0.0322. The van der Waals surface area contributed by atoms with Gasteiger partial charge in [0.05, 0.1) is 0 Å². The standard InChI is InChI=1S/C17H16Cl2N2O2/c18-11-4-3-10(14(19)8-11)9-21-17(23)13-5-6-15(22)16-12(13)2-1-7-20-16/h1-4,7-8,13,17,21,23H,5-6,9H2. The Balaban J connectivity index is 1.73. The molecule has 1 aromatic heterocycles. The van der Waals surface area contributed by atoms with Crippen molar-refractivity contribution >= 4 is 29.0 Å². The molecule has 0 saturated carbocycles. The number of aliphatic hydroxyl groups excluding tert-OH is 1. The minimum Gasteiger partial charge on any atom is -0.378 e. The fraction of sp³-hybridized carbons (Fsp3) is 0.294. The molecule has 2 aromatic rings. The van der Waals surface area contributed by atoms with E-state index in [1.807, 2.05) is 12.1 Å². The SMILES string of the molecule is O=C1CCC(C(O)NCc2ccc(Cl)cc2Cl)c2cccnc21. The molecule has 1 aliphatic carbocycles. The number of carbonyl (C=O) groups is 1. The zero-order valence-electron chi connectivity index (χ0n) is 12.3. The third-order valence-corrected chi connectivity index (χ3v) is 4.67. The van der Waals surface area contributed by atoms with Crippen LogP contribution in [0.15, 0.2) is 36.5 Å². The van der Waals surface area contributed by atoms with Gasteiger partial charge in [-0.2, -0.15) is 0 Å². The number of nitrogens with one attached hydrogen (secondary N) is 1. The van der Waals surface area contributed by atoms with Gasteiger partial charge in [-0.1, -0.05) is 35.3 Å². The van der Waals surface area contributed by atoms with Crippen molar-refractivity contribution < 1.29 is 9.90 Å². The molecule has 0 saturated heterocycles. The summed E-state index contributed by atoms with van der Waals surface area (Å²) in [5, 5.41) is 14.7. The third kappa shape index (κ3) is 3.56. The molecule has 2 N–H and O–H groups in total. The molecule has 0 bridgehead atoms. The van der Waals surface area contributed by atoms with E-state index in [1.54, 1.807) is 24.4 Å². The zero-order chi connectivity index (χ0) is 16.4. The van der Waals surface area contributed by atoms with Crippen LogP contribution in [0.3, 0.4) is 0 Å². The highest BCUT2D eigenvalue weighted by Gasteiger charge is 2.31. The Bertz CT molecular complexity index is 736. The van der Waals surface area contributed by atoms with Crippen molar-refractivity contribution in [3.05, 3.63) is 63.4 Å². The molecular weight excluding hydrogens is 335 g/mol. The lowest BCUT2D eigenvalue weighted by Crippen LogP contribution is -2.37. The van der Waals surface area contributed by atoms with Gasteiger partial charge in [-0.25, -0.2) is 0 Å². The van der Waals surface area contributed by atoms with Gasteiger partial charge in [0.25, 0.3) is 0 Å². The fourth-order valence-electron chi connectivity index (χ4n) is 2.86. The van der Waals surface area contributed by atoms with Crippen molar-refractivity contribution in [3.63, 3.8) is 0 Å². The second kappa shape index (κ2) is 6.97. The van der Waals surface area contributed by atoms with Gasteiger partial charge in [-0.3, -0.25) is 15.1 Å². The van der Waals surface area contributed by atoms with Crippen LogP contribution in [0.2, 0.25) is 10.0 Å². The molecule has 6 heteroatoms. The maximum atomic E-state index is 11.9. The van der Waals surface area contributed by atoms with Gasteiger partial charge < -0.3 is 5.11 Å². The predicted molar refractivity (Wildman–Crippen MR) is 89.9 cm³/mol.